The summed E-state index contributed by atoms with van der Waals surface area (Å²) in [6, 6.07) is -0.237. The number of aromatic amines is 2. The average Bonchev–Trinajstić information content (AvgIpc) is 2.87. The van der Waals surface area contributed by atoms with Gasteiger partial charge in [0.2, 0.25) is 0 Å². The molecule has 7 heteroatoms. The van der Waals surface area contributed by atoms with Crippen LogP contribution in [-0.4, -0.2) is 26.1 Å². The highest BCUT2D eigenvalue weighted by molar-refractivity contribution is 6.34. The van der Waals surface area contributed by atoms with Crippen molar-refractivity contribution in [2.24, 2.45) is 0 Å². The molecule has 0 aliphatic rings. The van der Waals surface area contributed by atoms with Crippen molar-refractivity contribution in [3.05, 3.63) is 34.1 Å². The molecular weight excluding hydrogens is 254 g/mol. The van der Waals surface area contributed by atoms with Crippen LogP contribution in [0, 0.1) is 13.8 Å². The summed E-state index contributed by atoms with van der Waals surface area (Å²) in [5.41, 5.74) is 1.81. The minimum Gasteiger partial charge on any atom is -0.344 e. The largest absolute Gasteiger partial charge is 0.344 e. The molecule has 0 aliphatic carbocycles. The Morgan fingerprint density at radius 3 is 2.72 bits per heavy atom. The van der Waals surface area contributed by atoms with E-state index in [-0.39, 0.29) is 17.6 Å². The van der Waals surface area contributed by atoms with Gasteiger partial charge in [0, 0.05) is 11.9 Å². The van der Waals surface area contributed by atoms with Gasteiger partial charge in [-0.3, -0.25) is 9.89 Å². The molecule has 2 aromatic rings. The lowest BCUT2D eigenvalue weighted by atomic mass is 10.3. The number of hydrogen-bond donors (Lipinski definition) is 3. The van der Waals surface area contributed by atoms with Gasteiger partial charge < -0.3 is 10.3 Å². The van der Waals surface area contributed by atoms with Crippen molar-refractivity contribution in [1.29, 1.82) is 0 Å². The number of carbonyl (C=O) groups excluding carboxylic acids is 1. The Morgan fingerprint density at radius 1 is 1.50 bits per heavy atom. The lowest BCUT2D eigenvalue weighted by Gasteiger charge is -2.10. The number of amides is 1. The van der Waals surface area contributed by atoms with Crippen molar-refractivity contribution in [1.82, 2.24) is 25.5 Å². The fraction of sp³-hybridized carbons (Fsp3) is 0.364. The maximum Gasteiger partial charge on any atom is 0.273 e. The molecule has 0 aliphatic heterocycles. The Labute approximate surface area is 109 Å². The molecule has 0 aromatic carbocycles. The van der Waals surface area contributed by atoms with Gasteiger partial charge in [-0.1, -0.05) is 11.6 Å². The number of nitrogens with one attached hydrogen (secondary N) is 3. The van der Waals surface area contributed by atoms with Crippen molar-refractivity contribution in [2.45, 2.75) is 26.8 Å². The molecule has 18 heavy (non-hydrogen) atoms. The van der Waals surface area contributed by atoms with Crippen LogP contribution in [0.3, 0.4) is 0 Å². The van der Waals surface area contributed by atoms with Crippen LogP contribution >= 0.6 is 11.6 Å². The second-order valence-corrected chi connectivity index (χ2v) is 4.54. The maximum atomic E-state index is 11.9. The third-order valence-corrected chi connectivity index (χ3v) is 3.03. The van der Waals surface area contributed by atoms with Crippen molar-refractivity contribution >= 4 is 17.5 Å². The Hall–Kier alpha value is -1.82. The first-order valence-electron chi connectivity index (χ1n) is 5.52. The monoisotopic (exact) mass is 267 g/mol. The Balaban J connectivity index is 2.10. The van der Waals surface area contributed by atoms with Gasteiger partial charge >= 0.3 is 0 Å². The summed E-state index contributed by atoms with van der Waals surface area (Å²) in [5.74, 6) is 0.370. The molecule has 6 nitrogen and oxygen atoms in total. The van der Waals surface area contributed by atoms with E-state index in [1.165, 1.54) is 0 Å². The Morgan fingerprint density at radius 2 is 2.22 bits per heavy atom. The molecular formula is C11H14ClN5O. The van der Waals surface area contributed by atoms with Gasteiger partial charge in [-0.2, -0.15) is 5.10 Å². The molecule has 2 rings (SSSR count). The molecule has 0 radical (unpaired) electrons. The van der Waals surface area contributed by atoms with Gasteiger partial charge in [-0.25, -0.2) is 4.98 Å². The molecule has 96 valence electrons. The standard InChI is InChI=1S/C11H14ClN5O/c1-5-4-13-10(14-5)7(3)15-11(18)9-8(12)6(2)16-17-9/h4,7H,1-3H3,(H,13,14)(H,15,18)(H,16,17). The van der Waals surface area contributed by atoms with Gasteiger partial charge in [0.25, 0.3) is 5.91 Å². The van der Waals surface area contributed by atoms with E-state index in [1.54, 1.807) is 13.1 Å². The predicted octanol–water partition coefficient (Wildman–Crippen LogP) is 1.89. The summed E-state index contributed by atoms with van der Waals surface area (Å²) < 4.78 is 0. The van der Waals surface area contributed by atoms with E-state index in [1.807, 2.05) is 13.8 Å². The highest BCUT2D eigenvalue weighted by Crippen LogP contribution is 2.18. The van der Waals surface area contributed by atoms with Gasteiger partial charge in [0.1, 0.15) is 5.82 Å². The van der Waals surface area contributed by atoms with Crippen LogP contribution in [0.25, 0.3) is 0 Å². The van der Waals surface area contributed by atoms with Gasteiger partial charge in [0.15, 0.2) is 5.69 Å². The third-order valence-electron chi connectivity index (χ3n) is 2.57. The third kappa shape index (κ3) is 2.38. The first-order chi connectivity index (χ1) is 8.49. The molecule has 2 heterocycles. The first kappa shape index (κ1) is 12.6. The van der Waals surface area contributed by atoms with Crippen molar-refractivity contribution in [2.75, 3.05) is 0 Å². The molecule has 0 saturated heterocycles. The number of carbonyl (C=O) groups is 1. The quantitative estimate of drug-likeness (QED) is 0.794. The predicted molar refractivity (Wildman–Crippen MR) is 67.5 cm³/mol. The molecule has 1 amide bonds. The number of imidazole rings is 1. The van der Waals surface area contributed by atoms with Crippen molar-refractivity contribution in [3.63, 3.8) is 0 Å². The van der Waals surface area contributed by atoms with E-state index in [9.17, 15) is 4.79 Å². The van der Waals surface area contributed by atoms with Gasteiger partial charge in [0.05, 0.1) is 16.8 Å². The SMILES string of the molecule is Cc1cnc(C(C)NC(=O)c2n[nH]c(C)c2Cl)[nH]1. The molecule has 1 unspecified atom stereocenters. The molecule has 1 atom stereocenters. The van der Waals surface area contributed by atoms with Crippen LogP contribution in [0.15, 0.2) is 6.20 Å². The molecule has 0 saturated carbocycles. The zero-order valence-corrected chi connectivity index (χ0v) is 11.1. The maximum absolute atomic E-state index is 11.9. The number of H-pyrrole nitrogens is 2. The van der Waals surface area contributed by atoms with E-state index >= 15 is 0 Å². The van der Waals surface area contributed by atoms with Crippen LogP contribution in [0.5, 0.6) is 0 Å². The topological polar surface area (TPSA) is 86.5 Å². The fourth-order valence-corrected chi connectivity index (χ4v) is 1.72. The minimum atomic E-state index is -0.328. The van der Waals surface area contributed by atoms with Crippen LogP contribution in [-0.2, 0) is 0 Å². The van der Waals surface area contributed by atoms with E-state index in [4.69, 9.17) is 11.6 Å². The zero-order valence-electron chi connectivity index (χ0n) is 10.3. The molecule has 2 aromatic heterocycles. The lowest BCUT2D eigenvalue weighted by Crippen LogP contribution is -2.28. The van der Waals surface area contributed by atoms with E-state index in [0.29, 0.717) is 16.5 Å². The van der Waals surface area contributed by atoms with Crippen LogP contribution in [0.4, 0.5) is 0 Å². The first-order valence-corrected chi connectivity index (χ1v) is 5.89. The number of halogens is 1. The summed E-state index contributed by atoms with van der Waals surface area (Å²) in [5, 5.41) is 9.66. The molecule has 0 bridgehead atoms. The number of nitrogens with zero attached hydrogens (tertiary/aromatic N) is 2. The van der Waals surface area contributed by atoms with Crippen molar-refractivity contribution < 1.29 is 4.79 Å². The minimum absolute atomic E-state index is 0.198. The number of aryl methyl sites for hydroxylation is 2. The number of hydrogen-bond acceptors (Lipinski definition) is 3. The van der Waals surface area contributed by atoms with Crippen LogP contribution in [0.2, 0.25) is 5.02 Å². The second kappa shape index (κ2) is 4.81. The van der Waals surface area contributed by atoms with E-state index in [0.717, 1.165) is 5.69 Å². The Kier molecular flexibility index (Phi) is 3.38. The summed E-state index contributed by atoms with van der Waals surface area (Å²) >= 11 is 5.96. The fourth-order valence-electron chi connectivity index (χ4n) is 1.55. The number of rotatable bonds is 3. The molecule has 0 fully saturated rings. The molecule has 3 N–H and O–H groups in total. The summed E-state index contributed by atoms with van der Waals surface area (Å²) in [6.45, 7) is 5.49. The van der Waals surface area contributed by atoms with Crippen LogP contribution < -0.4 is 5.32 Å². The molecule has 0 spiro atoms. The smallest absolute Gasteiger partial charge is 0.273 e. The number of aromatic nitrogens is 4. The summed E-state index contributed by atoms with van der Waals surface area (Å²) in [4.78, 5) is 19.2. The second-order valence-electron chi connectivity index (χ2n) is 4.16. The average molecular weight is 268 g/mol. The van der Waals surface area contributed by atoms with E-state index < -0.39 is 0 Å². The van der Waals surface area contributed by atoms with Crippen LogP contribution in [0.1, 0.15) is 40.7 Å². The Bertz CT molecular complexity index is 574. The van der Waals surface area contributed by atoms with Crippen molar-refractivity contribution in [3.8, 4) is 0 Å². The summed E-state index contributed by atoms with van der Waals surface area (Å²) in [7, 11) is 0. The van der Waals surface area contributed by atoms with Gasteiger partial charge in [-0.05, 0) is 20.8 Å². The highest BCUT2D eigenvalue weighted by Gasteiger charge is 2.19. The van der Waals surface area contributed by atoms with Gasteiger partial charge in [-0.15, -0.1) is 0 Å². The summed E-state index contributed by atoms with van der Waals surface area (Å²) in [6.07, 6.45) is 1.71. The lowest BCUT2D eigenvalue weighted by molar-refractivity contribution is 0.0933. The van der Waals surface area contributed by atoms with E-state index in [2.05, 4.69) is 25.5 Å². The normalized spacial score (nSPS) is 12.4. The zero-order chi connectivity index (χ0) is 13.3. The highest BCUT2D eigenvalue weighted by atomic mass is 35.5.